The molecule has 3 atom stereocenters. The van der Waals surface area contributed by atoms with Crippen LogP contribution in [0.15, 0.2) is 35.6 Å². The highest BCUT2D eigenvalue weighted by molar-refractivity contribution is 7.88. The molecule has 1 heterocycles. The second kappa shape index (κ2) is 7.16. The third kappa shape index (κ3) is 3.06. The molecule has 0 radical (unpaired) electrons. The maximum Gasteiger partial charge on any atom is 0.534 e. The van der Waals surface area contributed by atoms with E-state index in [0.717, 1.165) is 24.2 Å². The molecule has 0 spiro atoms. The molecule has 0 saturated heterocycles. The molecule has 1 unspecified atom stereocenters. The molecule has 0 bridgehead atoms. The van der Waals surface area contributed by atoms with Crippen molar-refractivity contribution in [3.8, 4) is 11.5 Å². The van der Waals surface area contributed by atoms with Gasteiger partial charge < -0.3 is 13.7 Å². The fraction of sp³-hybridized carbons (Fsp3) is 0.524. The van der Waals surface area contributed by atoms with Gasteiger partial charge in [0.1, 0.15) is 5.76 Å². The molecule has 4 rings (SSSR count). The van der Waals surface area contributed by atoms with Crippen LogP contribution in [0.25, 0.3) is 0 Å². The fourth-order valence-corrected chi connectivity index (χ4v) is 5.53. The average Bonchev–Trinajstić information content (AvgIpc) is 3.02. The van der Waals surface area contributed by atoms with Crippen molar-refractivity contribution in [2.75, 3.05) is 20.2 Å². The predicted octanol–water partition coefficient (Wildman–Crippen LogP) is 3.67. The zero-order valence-corrected chi connectivity index (χ0v) is 18.4. The van der Waals surface area contributed by atoms with E-state index in [1.54, 1.807) is 6.07 Å². The third-order valence-electron chi connectivity index (χ3n) is 6.52. The first-order valence-corrected chi connectivity index (χ1v) is 11.4. The minimum Gasteiger partial charge on any atom is -0.497 e. The van der Waals surface area contributed by atoms with Gasteiger partial charge in [0.05, 0.1) is 12.5 Å². The van der Waals surface area contributed by atoms with Gasteiger partial charge >= 0.3 is 15.6 Å². The number of likely N-dealkylation sites (N-methyl/N-ethyl adjacent to an activating group) is 1. The van der Waals surface area contributed by atoms with Gasteiger partial charge in [0.25, 0.3) is 0 Å². The van der Waals surface area contributed by atoms with Crippen LogP contribution in [0.2, 0.25) is 0 Å². The molecule has 0 saturated carbocycles. The minimum atomic E-state index is -5.83. The van der Waals surface area contributed by atoms with Gasteiger partial charge in [0.15, 0.2) is 17.6 Å². The first-order chi connectivity index (χ1) is 14.5. The molecular weight excluding hydrogens is 435 g/mol. The van der Waals surface area contributed by atoms with Crippen molar-refractivity contribution in [1.82, 2.24) is 4.90 Å². The normalized spacial score (nSPS) is 26.7. The van der Waals surface area contributed by atoms with Gasteiger partial charge in [-0.3, -0.25) is 4.90 Å². The zero-order valence-electron chi connectivity index (χ0n) is 17.6. The van der Waals surface area contributed by atoms with Crippen LogP contribution in [0.3, 0.4) is 0 Å². The second-order valence-corrected chi connectivity index (χ2v) is 9.48. The molecule has 31 heavy (non-hydrogen) atoms. The van der Waals surface area contributed by atoms with Crippen LogP contribution in [-0.4, -0.2) is 51.2 Å². The van der Waals surface area contributed by atoms with Crippen LogP contribution in [0, 0.1) is 0 Å². The van der Waals surface area contributed by atoms with Crippen molar-refractivity contribution >= 4 is 10.1 Å². The summed E-state index contributed by atoms with van der Waals surface area (Å²) in [5.74, 6) is 0.0626. The van der Waals surface area contributed by atoms with Gasteiger partial charge in [-0.2, -0.15) is 21.6 Å². The summed E-state index contributed by atoms with van der Waals surface area (Å²) in [6.45, 7) is 7.77. The van der Waals surface area contributed by atoms with Crippen molar-refractivity contribution in [3.63, 3.8) is 0 Å². The minimum absolute atomic E-state index is 0.0200. The largest absolute Gasteiger partial charge is 0.534 e. The van der Waals surface area contributed by atoms with Crippen LogP contribution in [0.1, 0.15) is 31.9 Å². The third-order valence-corrected chi connectivity index (χ3v) is 7.48. The van der Waals surface area contributed by atoms with E-state index in [4.69, 9.17) is 9.47 Å². The zero-order chi connectivity index (χ0) is 22.8. The first-order valence-electron chi connectivity index (χ1n) is 10.0. The van der Waals surface area contributed by atoms with Gasteiger partial charge in [-0.05, 0) is 49.7 Å². The molecule has 170 valence electrons. The molecule has 2 aliphatic carbocycles. The lowest BCUT2D eigenvalue weighted by Crippen LogP contribution is -2.52. The summed E-state index contributed by atoms with van der Waals surface area (Å²) < 4.78 is 78.2. The average molecular weight is 459 g/mol. The summed E-state index contributed by atoms with van der Waals surface area (Å²) in [5, 5.41) is 0. The maximum absolute atomic E-state index is 12.9. The monoisotopic (exact) mass is 459 g/mol. The number of methoxy groups -OCH3 is 1. The number of nitrogens with zero attached hydrogens (tertiary/aromatic N) is 1. The lowest BCUT2D eigenvalue weighted by Gasteiger charge is -2.46. The Kier molecular flexibility index (Phi) is 5.09. The SMILES string of the molecule is CCN(CC)C1Cc2ccc(OS(=O)(=O)C(F)(F)F)c3c2[C@]2(C)C1=CC=C(OC)[C@@H]2O3. The lowest BCUT2D eigenvalue weighted by molar-refractivity contribution is -0.0500. The number of hydrogen-bond acceptors (Lipinski definition) is 6. The van der Waals surface area contributed by atoms with E-state index in [1.807, 2.05) is 19.1 Å². The standard InChI is InChI=1S/C21H24F3NO5S/c1-5-25(6-2)14-11-12-7-9-15(30-31(26,27)21(22,23)24)18-17(12)20(3)13(14)8-10-16(28-4)19(20)29-18/h7-10,14,19H,5-6,11H2,1-4H3/t14?,19-,20-/m0/s1. The van der Waals surface area contributed by atoms with Crippen LogP contribution < -0.4 is 8.92 Å². The number of alkyl halides is 3. The number of halogens is 3. The first kappa shape index (κ1) is 22.0. The highest BCUT2D eigenvalue weighted by atomic mass is 32.2. The van der Waals surface area contributed by atoms with Crippen molar-refractivity contribution in [2.45, 2.75) is 50.3 Å². The van der Waals surface area contributed by atoms with Crippen molar-refractivity contribution in [1.29, 1.82) is 0 Å². The summed E-state index contributed by atoms with van der Waals surface area (Å²) in [6.07, 6.45) is 3.79. The van der Waals surface area contributed by atoms with Gasteiger partial charge in [-0.1, -0.05) is 26.0 Å². The van der Waals surface area contributed by atoms with E-state index in [9.17, 15) is 21.6 Å². The van der Waals surface area contributed by atoms with Gasteiger partial charge in [-0.15, -0.1) is 0 Å². The molecule has 1 aliphatic heterocycles. The van der Waals surface area contributed by atoms with Crippen molar-refractivity contribution < 1.29 is 35.2 Å². The Hall–Kier alpha value is -2.20. The Morgan fingerprint density at radius 2 is 1.90 bits per heavy atom. The van der Waals surface area contributed by atoms with Crippen LogP contribution in [-0.2, 0) is 26.7 Å². The Bertz CT molecular complexity index is 1080. The summed E-state index contributed by atoms with van der Waals surface area (Å²) in [4.78, 5) is 2.32. The van der Waals surface area contributed by atoms with Crippen molar-refractivity contribution in [3.05, 3.63) is 46.7 Å². The second-order valence-electron chi connectivity index (χ2n) is 7.95. The summed E-state index contributed by atoms with van der Waals surface area (Å²) in [5.41, 5.74) is -3.66. The van der Waals surface area contributed by atoms with E-state index < -0.39 is 32.9 Å². The highest BCUT2D eigenvalue weighted by Gasteiger charge is 2.58. The molecule has 0 aromatic heterocycles. The molecule has 0 fully saturated rings. The smallest absolute Gasteiger partial charge is 0.497 e. The van der Waals surface area contributed by atoms with E-state index in [2.05, 4.69) is 22.9 Å². The molecule has 6 nitrogen and oxygen atoms in total. The number of rotatable bonds is 6. The summed E-state index contributed by atoms with van der Waals surface area (Å²) in [7, 11) is -4.34. The van der Waals surface area contributed by atoms with Crippen LogP contribution in [0.5, 0.6) is 11.5 Å². The number of ether oxygens (including phenoxy) is 2. The van der Waals surface area contributed by atoms with Gasteiger partial charge in [0.2, 0.25) is 0 Å². The van der Waals surface area contributed by atoms with Crippen LogP contribution in [0.4, 0.5) is 13.2 Å². The molecule has 3 aliphatic rings. The molecule has 0 amide bonds. The predicted molar refractivity (Wildman–Crippen MR) is 107 cm³/mol. The number of hydrogen-bond donors (Lipinski definition) is 0. The Morgan fingerprint density at radius 3 is 2.48 bits per heavy atom. The number of benzene rings is 1. The quantitative estimate of drug-likeness (QED) is 0.478. The van der Waals surface area contributed by atoms with E-state index in [-0.39, 0.29) is 11.8 Å². The van der Waals surface area contributed by atoms with E-state index in [0.29, 0.717) is 17.7 Å². The maximum atomic E-state index is 12.9. The van der Waals surface area contributed by atoms with Gasteiger partial charge in [0, 0.05) is 11.6 Å². The number of allylic oxidation sites excluding steroid dienone is 2. The van der Waals surface area contributed by atoms with E-state index >= 15 is 0 Å². The highest BCUT2D eigenvalue weighted by Crippen LogP contribution is 2.59. The Morgan fingerprint density at radius 1 is 1.23 bits per heavy atom. The molecular formula is C21H24F3NO5S. The fourth-order valence-electron chi connectivity index (χ4n) is 5.07. The van der Waals surface area contributed by atoms with E-state index in [1.165, 1.54) is 13.2 Å². The Balaban J connectivity index is 1.90. The molecule has 1 aromatic carbocycles. The van der Waals surface area contributed by atoms with Crippen LogP contribution >= 0.6 is 0 Å². The molecule has 10 heteroatoms. The molecule has 1 aromatic rings. The topological polar surface area (TPSA) is 65.1 Å². The van der Waals surface area contributed by atoms with Gasteiger partial charge in [-0.25, -0.2) is 0 Å². The summed E-state index contributed by atoms with van der Waals surface area (Å²) >= 11 is 0. The summed E-state index contributed by atoms with van der Waals surface area (Å²) in [6, 6.07) is 2.95. The molecule has 0 N–H and O–H groups in total. The lowest BCUT2D eigenvalue weighted by atomic mass is 9.61. The van der Waals surface area contributed by atoms with Crippen molar-refractivity contribution in [2.24, 2.45) is 0 Å². The Labute approximate surface area is 179 Å².